The summed E-state index contributed by atoms with van der Waals surface area (Å²) in [5.74, 6) is 0.848. The van der Waals surface area contributed by atoms with Gasteiger partial charge in [0.25, 0.3) is 0 Å². The average molecular weight is 372 g/mol. The number of benzene rings is 1. The lowest BCUT2D eigenvalue weighted by atomic mass is 9.73. The Morgan fingerprint density at radius 3 is 2.56 bits per heavy atom. The topological polar surface area (TPSA) is 40.6 Å². The van der Waals surface area contributed by atoms with Crippen LogP contribution in [-0.4, -0.2) is 47.8 Å². The Morgan fingerprint density at radius 1 is 1.11 bits per heavy atom. The van der Waals surface area contributed by atoms with Gasteiger partial charge in [-0.05, 0) is 67.6 Å². The summed E-state index contributed by atoms with van der Waals surface area (Å²) in [5.41, 5.74) is 0.944. The number of carbonyl (C=O) groups is 2. The third-order valence-electron chi connectivity index (χ3n) is 6.73. The molecule has 0 radical (unpaired) electrons. The van der Waals surface area contributed by atoms with Crippen LogP contribution < -0.4 is 0 Å². The van der Waals surface area contributed by atoms with E-state index in [1.165, 1.54) is 25.0 Å². The molecule has 4 rings (SSSR count). The van der Waals surface area contributed by atoms with Crippen molar-refractivity contribution in [1.82, 2.24) is 9.80 Å². The Hall–Kier alpha value is -1.91. The maximum Gasteiger partial charge on any atom is 0.226 e. The molecule has 2 heterocycles. The standard InChI is InChI=1S/C22H29FN2O2/c23-19-3-1-2-18(14-19)15-21(27)24-11-8-22(9-12-24)7-6-20(26)25(13-10-22)16-17-4-5-17/h1-3,14,17H,4-13,15-16H2. The number of likely N-dealkylation sites (tertiary alicyclic amines) is 2. The third kappa shape index (κ3) is 4.50. The van der Waals surface area contributed by atoms with Gasteiger partial charge in [0.1, 0.15) is 5.82 Å². The lowest BCUT2D eigenvalue weighted by Crippen LogP contribution is -2.44. The summed E-state index contributed by atoms with van der Waals surface area (Å²) in [7, 11) is 0. The van der Waals surface area contributed by atoms with Crippen molar-refractivity contribution in [2.75, 3.05) is 26.2 Å². The maximum absolute atomic E-state index is 13.3. The van der Waals surface area contributed by atoms with Gasteiger partial charge in [-0.25, -0.2) is 4.39 Å². The minimum atomic E-state index is -0.295. The largest absolute Gasteiger partial charge is 0.342 e. The van der Waals surface area contributed by atoms with Crippen molar-refractivity contribution >= 4 is 11.8 Å². The minimum Gasteiger partial charge on any atom is -0.342 e. The molecular weight excluding hydrogens is 343 g/mol. The number of hydrogen-bond acceptors (Lipinski definition) is 2. The zero-order valence-electron chi connectivity index (χ0n) is 16.0. The Balaban J connectivity index is 1.31. The number of halogens is 1. The van der Waals surface area contributed by atoms with Crippen molar-refractivity contribution in [3.63, 3.8) is 0 Å². The molecule has 0 atom stereocenters. The zero-order valence-corrected chi connectivity index (χ0v) is 16.0. The van der Waals surface area contributed by atoms with Gasteiger partial charge in [-0.2, -0.15) is 0 Å². The lowest BCUT2D eigenvalue weighted by molar-refractivity contribution is -0.133. The first-order chi connectivity index (χ1) is 13.0. The van der Waals surface area contributed by atoms with Crippen molar-refractivity contribution in [3.8, 4) is 0 Å². The smallest absolute Gasteiger partial charge is 0.226 e. The van der Waals surface area contributed by atoms with Crippen LogP contribution >= 0.6 is 0 Å². The fourth-order valence-corrected chi connectivity index (χ4v) is 4.62. The second-order valence-corrected chi connectivity index (χ2v) is 8.72. The fraction of sp³-hybridized carbons (Fsp3) is 0.636. The van der Waals surface area contributed by atoms with Crippen molar-refractivity contribution < 1.29 is 14.0 Å². The van der Waals surface area contributed by atoms with Crippen LogP contribution in [0.2, 0.25) is 0 Å². The second-order valence-electron chi connectivity index (χ2n) is 8.72. The molecule has 5 heteroatoms. The number of carbonyl (C=O) groups excluding carboxylic acids is 2. The highest BCUT2D eigenvalue weighted by molar-refractivity contribution is 5.79. The molecule has 146 valence electrons. The molecule has 1 spiro atoms. The molecule has 1 aromatic carbocycles. The van der Waals surface area contributed by atoms with Crippen LogP contribution in [0, 0.1) is 17.2 Å². The van der Waals surface area contributed by atoms with E-state index in [0.29, 0.717) is 12.3 Å². The van der Waals surface area contributed by atoms with E-state index in [-0.39, 0.29) is 23.6 Å². The van der Waals surface area contributed by atoms with Gasteiger partial charge in [0.2, 0.25) is 11.8 Å². The third-order valence-corrected chi connectivity index (χ3v) is 6.73. The number of amides is 2. The van der Waals surface area contributed by atoms with Crippen molar-refractivity contribution in [2.24, 2.45) is 11.3 Å². The average Bonchev–Trinajstić information content (AvgIpc) is 3.48. The van der Waals surface area contributed by atoms with Gasteiger partial charge in [-0.15, -0.1) is 0 Å². The summed E-state index contributed by atoms with van der Waals surface area (Å²) < 4.78 is 13.3. The van der Waals surface area contributed by atoms with E-state index in [1.807, 2.05) is 4.90 Å². The first-order valence-electron chi connectivity index (χ1n) is 10.3. The summed E-state index contributed by atoms with van der Waals surface area (Å²) in [6, 6.07) is 6.30. The van der Waals surface area contributed by atoms with Gasteiger partial charge in [0.05, 0.1) is 6.42 Å². The molecule has 0 aromatic heterocycles. The van der Waals surface area contributed by atoms with Gasteiger partial charge in [-0.3, -0.25) is 9.59 Å². The Kier molecular flexibility index (Phi) is 5.20. The van der Waals surface area contributed by atoms with Gasteiger partial charge in [0, 0.05) is 32.6 Å². The first kappa shape index (κ1) is 18.5. The monoisotopic (exact) mass is 372 g/mol. The van der Waals surface area contributed by atoms with Crippen molar-refractivity contribution in [1.29, 1.82) is 0 Å². The molecule has 2 saturated heterocycles. The molecule has 3 fully saturated rings. The molecule has 4 nitrogen and oxygen atoms in total. The summed E-state index contributed by atoms with van der Waals surface area (Å²) in [5, 5.41) is 0. The van der Waals surface area contributed by atoms with Crippen molar-refractivity contribution in [2.45, 2.75) is 51.4 Å². The zero-order chi connectivity index (χ0) is 18.9. The first-order valence-corrected chi connectivity index (χ1v) is 10.3. The molecule has 0 unspecified atom stereocenters. The van der Waals surface area contributed by atoms with E-state index in [9.17, 15) is 14.0 Å². The Labute approximate surface area is 160 Å². The van der Waals surface area contributed by atoms with Crippen LogP contribution in [0.5, 0.6) is 0 Å². The van der Waals surface area contributed by atoms with E-state index >= 15 is 0 Å². The van der Waals surface area contributed by atoms with E-state index in [0.717, 1.165) is 63.3 Å². The predicted octanol–water partition coefficient (Wildman–Crippen LogP) is 3.40. The van der Waals surface area contributed by atoms with Crippen LogP contribution in [0.25, 0.3) is 0 Å². The summed E-state index contributed by atoms with van der Waals surface area (Å²) >= 11 is 0. The Morgan fingerprint density at radius 2 is 1.85 bits per heavy atom. The molecule has 0 N–H and O–H groups in total. The normalized spacial score (nSPS) is 22.8. The molecule has 2 aliphatic heterocycles. The predicted molar refractivity (Wildman–Crippen MR) is 102 cm³/mol. The van der Waals surface area contributed by atoms with Crippen LogP contribution in [0.3, 0.4) is 0 Å². The number of piperidine rings is 1. The number of rotatable bonds is 4. The Bertz CT molecular complexity index is 708. The van der Waals surface area contributed by atoms with Crippen LogP contribution in [0.1, 0.15) is 50.5 Å². The van der Waals surface area contributed by atoms with Gasteiger partial charge in [-0.1, -0.05) is 12.1 Å². The number of nitrogens with zero attached hydrogens (tertiary/aromatic N) is 2. The van der Waals surface area contributed by atoms with Crippen LogP contribution in [0.15, 0.2) is 24.3 Å². The molecule has 3 aliphatic rings. The van der Waals surface area contributed by atoms with E-state index in [4.69, 9.17) is 0 Å². The summed E-state index contributed by atoms with van der Waals surface area (Å²) in [4.78, 5) is 29.0. The number of hydrogen-bond donors (Lipinski definition) is 0. The molecule has 1 aromatic rings. The lowest BCUT2D eigenvalue weighted by Gasteiger charge is -2.41. The highest BCUT2D eigenvalue weighted by Crippen LogP contribution is 2.42. The van der Waals surface area contributed by atoms with Crippen LogP contribution in [-0.2, 0) is 16.0 Å². The van der Waals surface area contributed by atoms with E-state index in [1.54, 1.807) is 12.1 Å². The minimum absolute atomic E-state index is 0.0792. The highest BCUT2D eigenvalue weighted by Gasteiger charge is 2.39. The van der Waals surface area contributed by atoms with Gasteiger partial charge in [0.15, 0.2) is 0 Å². The maximum atomic E-state index is 13.3. The summed E-state index contributed by atoms with van der Waals surface area (Å²) in [6.45, 7) is 3.34. The van der Waals surface area contributed by atoms with Crippen LogP contribution in [0.4, 0.5) is 4.39 Å². The molecule has 27 heavy (non-hydrogen) atoms. The molecular formula is C22H29FN2O2. The second kappa shape index (κ2) is 7.61. The van der Waals surface area contributed by atoms with Gasteiger partial charge >= 0.3 is 0 Å². The van der Waals surface area contributed by atoms with E-state index in [2.05, 4.69) is 4.90 Å². The van der Waals surface area contributed by atoms with Crippen molar-refractivity contribution in [3.05, 3.63) is 35.6 Å². The molecule has 1 aliphatic carbocycles. The SMILES string of the molecule is O=C(Cc1cccc(F)c1)N1CCC2(CCC(=O)N(CC3CC3)CC2)CC1. The summed E-state index contributed by atoms with van der Waals surface area (Å²) in [6.07, 6.45) is 7.45. The molecule has 0 bridgehead atoms. The van der Waals surface area contributed by atoms with E-state index < -0.39 is 0 Å². The highest BCUT2D eigenvalue weighted by atomic mass is 19.1. The fourth-order valence-electron chi connectivity index (χ4n) is 4.62. The quantitative estimate of drug-likeness (QED) is 0.813. The van der Waals surface area contributed by atoms with Gasteiger partial charge < -0.3 is 9.80 Å². The molecule has 1 saturated carbocycles. The molecule has 2 amide bonds.